The maximum Gasteiger partial charge on any atom is 0.290 e. The van der Waals surface area contributed by atoms with Crippen molar-refractivity contribution in [2.24, 2.45) is 0 Å². The Hall–Kier alpha value is -4.34. The zero-order chi connectivity index (χ0) is 34.4. The van der Waals surface area contributed by atoms with Gasteiger partial charge in [0.25, 0.3) is 17.5 Å². The molecule has 3 aromatic rings. The molecule has 6 rings (SSSR count). The van der Waals surface area contributed by atoms with Crippen LogP contribution in [-0.4, -0.2) is 40.8 Å². The Morgan fingerprint density at radius 3 is 2.67 bits per heavy atom. The summed E-state index contributed by atoms with van der Waals surface area (Å²) >= 11 is 0. The lowest BCUT2D eigenvalue weighted by Gasteiger charge is -2.48. The molecule has 0 unspecified atom stereocenters. The van der Waals surface area contributed by atoms with E-state index in [1.54, 1.807) is 19.3 Å². The van der Waals surface area contributed by atoms with Gasteiger partial charge in [0, 0.05) is 57.8 Å². The number of benzene rings is 2. The van der Waals surface area contributed by atoms with Crippen molar-refractivity contribution in [1.82, 2.24) is 15.6 Å². The number of allylic oxidation sites excluding steroid dienone is 3. The first-order chi connectivity index (χ1) is 22.9. The van der Waals surface area contributed by atoms with Gasteiger partial charge in [-0.2, -0.15) is 0 Å². The van der Waals surface area contributed by atoms with E-state index in [9.17, 15) is 14.7 Å². The number of aromatic hydroxyl groups is 1. The summed E-state index contributed by atoms with van der Waals surface area (Å²) in [5.41, 5.74) is 3.64. The first kappa shape index (κ1) is 33.6. The number of hydrogen-bond donors (Lipinski definition) is 4. The number of ether oxygens (including phenoxy) is 3. The quantitative estimate of drug-likeness (QED) is 0.103. The number of unbranched alkanes of at least 4 members (excludes halogenated alkanes) is 2. The maximum absolute atomic E-state index is 14.2. The van der Waals surface area contributed by atoms with Crippen LogP contribution in [0.3, 0.4) is 0 Å². The minimum absolute atomic E-state index is 0.0337. The fourth-order valence-corrected chi connectivity index (χ4v) is 7.17. The molecule has 2 aromatic carbocycles. The Labute approximate surface area is 282 Å². The predicted molar refractivity (Wildman–Crippen MR) is 187 cm³/mol. The van der Waals surface area contributed by atoms with E-state index >= 15 is 0 Å². The summed E-state index contributed by atoms with van der Waals surface area (Å²) in [5.74, 6) is -0.419. The molecule has 4 atom stereocenters. The predicted octanol–water partition coefficient (Wildman–Crippen LogP) is 7.32. The number of aromatic nitrogens is 1. The van der Waals surface area contributed by atoms with Crippen LogP contribution in [0.4, 0.5) is 0 Å². The highest BCUT2D eigenvalue weighted by atomic mass is 16.6. The Balaban J connectivity index is 1.42. The summed E-state index contributed by atoms with van der Waals surface area (Å²) in [7, 11) is 1.62. The van der Waals surface area contributed by atoms with Crippen molar-refractivity contribution in [2.75, 3.05) is 7.11 Å². The molecular weight excluding hydrogens is 606 g/mol. The van der Waals surface area contributed by atoms with Gasteiger partial charge >= 0.3 is 0 Å². The van der Waals surface area contributed by atoms with Gasteiger partial charge in [-0.25, -0.2) is 0 Å². The highest BCUT2D eigenvalue weighted by Crippen LogP contribution is 2.55. The van der Waals surface area contributed by atoms with Crippen LogP contribution in [0.25, 0.3) is 17.0 Å². The lowest BCUT2D eigenvalue weighted by atomic mass is 9.81. The minimum Gasteiger partial charge on any atom is -0.508 e. The van der Waals surface area contributed by atoms with Crippen molar-refractivity contribution in [2.45, 2.75) is 103 Å². The topological polar surface area (TPSA) is 122 Å². The van der Waals surface area contributed by atoms with Gasteiger partial charge in [0.1, 0.15) is 23.3 Å². The summed E-state index contributed by atoms with van der Waals surface area (Å²) in [6, 6.07) is 9.55. The molecule has 254 valence electrons. The van der Waals surface area contributed by atoms with E-state index in [0.29, 0.717) is 28.9 Å². The van der Waals surface area contributed by atoms with Crippen LogP contribution in [0, 0.1) is 0 Å². The van der Waals surface area contributed by atoms with Gasteiger partial charge < -0.3 is 34.9 Å². The Morgan fingerprint density at radius 1 is 1.19 bits per heavy atom. The second-order valence-corrected chi connectivity index (χ2v) is 14.0. The molecule has 1 aromatic heterocycles. The molecule has 1 saturated heterocycles. The van der Waals surface area contributed by atoms with Gasteiger partial charge in [-0.15, -0.1) is 6.58 Å². The number of carbonyl (C=O) groups is 2. The molecule has 3 aliphatic rings. The van der Waals surface area contributed by atoms with Crippen molar-refractivity contribution in [3.8, 4) is 11.5 Å². The van der Waals surface area contributed by atoms with E-state index in [1.807, 2.05) is 64.1 Å². The van der Waals surface area contributed by atoms with Crippen molar-refractivity contribution < 1.29 is 28.9 Å². The number of H-pyrrole nitrogens is 1. The molecule has 9 heteroatoms. The van der Waals surface area contributed by atoms with Crippen LogP contribution < -0.4 is 15.4 Å². The van der Waals surface area contributed by atoms with Crippen molar-refractivity contribution >= 4 is 28.8 Å². The van der Waals surface area contributed by atoms with Crippen molar-refractivity contribution in [1.29, 1.82) is 0 Å². The Morgan fingerprint density at radius 2 is 1.96 bits per heavy atom. The zero-order valence-electron chi connectivity index (χ0n) is 28.8. The van der Waals surface area contributed by atoms with Gasteiger partial charge in [-0.1, -0.05) is 76.0 Å². The van der Waals surface area contributed by atoms with E-state index in [1.165, 1.54) is 0 Å². The largest absolute Gasteiger partial charge is 0.508 e. The van der Waals surface area contributed by atoms with Crippen LogP contribution >= 0.6 is 0 Å². The zero-order valence-corrected chi connectivity index (χ0v) is 28.8. The van der Waals surface area contributed by atoms with Crippen LogP contribution in [-0.2, 0) is 30.9 Å². The van der Waals surface area contributed by atoms with E-state index in [-0.39, 0.29) is 24.0 Å². The number of hydrogen-bond acceptors (Lipinski definition) is 6. The second-order valence-electron chi connectivity index (χ2n) is 14.0. The van der Waals surface area contributed by atoms with Gasteiger partial charge in [-0.05, 0) is 44.9 Å². The number of phenolic OH excluding ortho intramolecular Hbond substituents is 1. The smallest absolute Gasteiger partial charge is 0.290 e. The lowest BCUT2D eigenvalue weighted by Crippen LogP contribution is -2.69. The SMILES string of the molecule is C=CC(C)(C)c1[nH]c2ccccc2c1/C=C1\NC(=O)[C@]2(C[C@H]3O[C@H](CCCCC)[C@H](OC)c4c(O)cc(CC=C(C)C)c(c43)O2)NC1=O. The van der Waals surface area contributed by atoms with Crippen LogP contribution in [0.5, 0.6) is 11.5 Å². The van der Waals surface area contributed by atoms with E-state index < -0.39 is 35.2 Å². The number of amides is 2. The highest BCUT2D eigenvalue weighted by molar-refractivity contribution is 6.10. The average molecular weight is 654 g/mol. The third-order valence-electron chi connectivity index (χ3n) is 9.89. The number of piperazine rings is 1. The average Bonchev–Trinajstić information content (AvgIpc) is 3.43. The molecule has 4 N–H and O–H groups in total. The molecule has 48 heavy (non-hydrogen) atoms. The number of fused-ring (bicyclic) bond motifs is 1. The monoisotopic (exact) mass is 653 g/mol. The normalized spacial score (nSPS) is 24.2. The van der Waals surface area contributed by atoms with Gasteiger partial charge in [-0.3, -0.25) is 9.59 Å². The number of methoxy groups -OCH3 is 1. The maximum atomic E-state index is 14.2. The molecule has 3 aliphatic heterocycles. The first-order valence-electron chi connectivity index (χ1n) is 16.9. The molecule has 1 spiro atoms. The molecular formula is C39H47N3O6. The minimum atomic E-state index is -1.72. The van der Waals surface area contributed by atoms with E-state index in [4.69, 9.17) is 14.2 Å². The highest BCUT2D eigenvalue weighted by Gasteiger charge is 2.56. The van der Waals surface area contributed by atoms with E-state index in [0.717, 1.165) is 53.4 Å². The molecule has 0 saturated carbocycles. The van der Waals surface area contributed by atoms with Crippen molar-refractivity contribution in [3.63, 3.8) is 0 Å². The number of carbonyl (C=O) groups excluding carboxylic acids is 2. The molecule has 4 heterocycles. The van der Waals surface area contributed by atoms with Crippen LogP contribution in [0.1, 0.15) is 107 Å². The molecule has 9 nitrogen and oxygen atoms in total. The lowest BCUT2D eigenvalue weighted by molar-refractivity contribution is -0.169. The number of para-hydroxylation sites is 1. The second kappa shape index (κ2) is 12.9. The third-order valence-corrected chi connectivity index (χ3v) is 9.89. The Bertz CT molecular complexity index is 1830. The molecule has 2 amide bonds. The van der Waals surface area contributed by atoms with Gasteiger partial charge in [0.2, 0.25) is 0 Å². The summed E-state index contributed by atoms with van der Waals surface area (Å²) < 4.78 is 19.3. The Kier molecular flexibility index (Phi) is 9.04. The molecule has 0 aliphatic carbocycles. The number of aromatic amines is 1. The summed E-state index contributed by atoms with van der Waals surface area (Å²) in [6.07, 6.45) is 8.38. The fourth-order valence-electron chi connectivity index (χ4n) is 7.17. The number of phenols is 1. The molecule has 0 bridgehead atoms. The first-order valence-corrected chi connectivity index (χ1v) is 16.9. The summed E-state index contributed by atoms with van der Waals surface area (Å²) in [4.78, 5) is 31.7. The van der Waals surface area contributed by atoms with Gasteiger partial charge in [0.05, 0.1) is 12.2 Å². The summed E-state index contributed by atoms with van der Waals surface area (Å²) in [6.45, 7) is 14.2. The number of rotatable bonds is 10. The van der Waals surface area contributed by atoms with Crippen molar-refractivity contribution in [3.05, 3.63) is 88.3 Å². The molecule has 1 fully saturated rings. The standard InChI is InChI=1S/C39H47N3O6/c1-8-10-11-16-29-34(46-7)31-28(43)19-23(18-17-22(3)4)33-32(31)30(47-29)21-39(48-33)37(45)41-27(36(44)42-39)20-25-24-14-12-13-15-26(24)40-35(25)38(5,6)9-2/h9,12-15,17,19-20,29-30,34,40,43H,2,8,10-11,16,18,21H2,1,3-7H3,(H,41,45)(H,42,44)/b27-20-/t29-,30-,34+,39-/m1/s1. The fraction of sp³-hybridized carbons (Fsp3) is 0.436. The van der Waals surface area contributed by atoms with E-state index in [2.05, 4.69) is 29.1 Å². The molecule has 0 radical (unpaired) electrons. The van der Waals surface area contributed by atoms with Crippen LogP contribution in [0.15, 0.2) is 60.3 Å². The third kappa shape index (κ3) is 5.83. The summed E-state index contributed by atoms with van der Waals surface area (Å²) in [5, 5.41) is 18.2. The van der Waals surface area contributed by atoms with Gasteiger partial charge in [0.15, 0.2) is 0 Å². The number of nitrogens with one attached hydrogen (secondary N) is 3. The van der Waals surface area contributed by atoms with Crippen LogP contribution in [0.2, 0.25) is 0 Å².